The zero-order valence-corrected chi connectivity index (χ0v) is 21.1. The second-order valence-corrected chi connectivity index (χ2v) is 8.88. The average molecular weight is 540 g/mol. The molecule has 0 heterocycles. The number of aliphatic hydroxyl groups excluding tert-OH is 1. The summed E-state index contributed by atoms with van der Waals surface area (Å²) in [5.74, 6) is -5.13. The first-order valence-corrected chi connectivity index (χ1v) is 12.1. The molecular weight excluding hydrogens is 502 g/mol. The van der Waals surface area contributed by atoms with Gasteiger partial charge in [0.1, 0.15) is 29.9 Å². The van der Waals surface area contributed by atoms with E-state index in [0.717, 1.165) is 0 Å². The summed E-state index contributed by atoms with van der Waals surface area (Å²) >= 11 is 0. The number of nitrogens with one attached hydrogen (secondary N) is 3. The molecule has 11 N–H and O–H groups in total. The molecule has 0 bridgehead atoms. The molecule has 0 radical (unpaired) electrons. The van der Waals surface area contributed by atoms with Crippen LogP contribution in [-0.4, -0.2) is 86.9 Å². The van der Waals surface area contributed by atoms with Crippen molar-refractivity contribution >= 4 is 29.7 Å². The van der Waals surface area contributed by atoms with Crippen molar-refractivity contribution in [2.75, 3.05) is 6.54 Å². The highest BCUT2D eigenvalue weighted by molar-refractivity contribution is 5.94. The second kappa shape index (κ2) is 16.2. The van der Waals surface area contributed by atoms with Crippen molar-refractivity contribution in [3.63, 3.8) is 0 Å². The summed E-state index contributed by atoms with van der Waals surface area (Å²) in [4.78, 5) is 61.2. The van der Waals surface area contributed by atoms with Crippen LogP contribution in [0.4, 0.5) is 0 Å². The van der Waals surface area contributed by atoms with Crippen LogP contribution in [0.15, 0.2) is 24.3 Å². The molecule has 0 saturated heterocycles. The lowest BCUT2D eigenvalue weighted by Gasteiger charge is -2.25. The number of amides is 3. The van der Waals surface area contributed by atoms with E-state index in [0.29, 0.717) is 24.9 Å². The van der Waals surface area contributed by atoms with E-state index in [4.69, 9.17) is 16.6 Å². The van der Waals surface area contributed by atoms with Gasteiger partial charge in [-0.1, -0.05) is 12.1 Å². The lowest BCUT2D eigenvalue weighted by atomic mass is 10.0. The number of carboxylic acid groups (broad SMARTS) is 2. The molecule has 38 heavy (non-hydrogen) atoms. The zero-order chi connectivity index (χ0) is 28.8. The van der Waals surface area contributed by atoms with E-state index in [-0.39, 0.29) is 25.0 Å². The van der Waals surface area contributed by atoms with Gasteiger partial charge in [-0.05, 0) is 56.8 Å². The van der Waals surface area contributed by atoms with Crippen LogP contribution in [0.1, 0.15) is 44.6 Å². The van der Waals surface area contributed by atoms with Crippen molar-refractivity contribution < 1.29 is 44.4 Å². The number of carbonyl (C=O) groups excluding carboxylic acids is 3. The van der Waals surface area contributed by atoms with Crippen LogP contribution >= 0.6 is 0 Å². The molecule has 0 spiro atoms. The van der Waals surface area contributed by atoms with Crippen molar-refractivity contribution in [2.24, 2.45) is 11.5 Å². The van der Waals surface area contributed by atoms with Crippen molar-refractivity contribution in [1.29, 1.82) is 0 Å². The Morgan fingerprint density at radius 2 is 1.37 bits per heavy atom. The minimum Gasteiger partial charge on any atom is -0.508 e. The van der Waals surface area contributed by atoms with Crippen molar-refractivity contribution in [3.8, 4) is 5.75 Å². The summed E-state index contributed by atoms with van der Waals surface area (Å²) in [6.07, 6.45) is -1.14. The van der Waals surface area contributed by atoms with Gasteiger partial charge in [-0.3, -0.25) is 19.2 Å². The Labute approximate surface area is 219 Å². The standard InChI is InChI=1S/C24H37N5O9/c1-13(30)20(26)23(36)28-17(9-10-19(32)33)22(35)27-16(4-2-3-11-25)21(34)29-18(24(37)38)12-14-5-7-15(31)8-6-14/h5-8,13,16-18,20,30-31H,2-4,9-12,25-26H2,1H3,(H,27,35)(H,28,36)(H,29,34)(H,32,33)(H,37,38). The molecule has 1 aromatic carbocycles. The Morgan fingerprint density at radius 3 is 1.87 bits per heavy atom. The summed E-state index contributed by atoms with van der Waals surface area (Å²) < 4.78 is 0. The van der Waals surface area contributed by atoms with Gasteiger partial charge in [0.15, 0.2) is 0 Å². The number of aromatic hydroxyl groups is 1. The number of aliphatic hydroxyl groups is 1. The Bertz CT molecular complexity index is 955. The maximum atomic E-state index is 13.0. The maximum Gasteiger partial charge on any atom is 0.326 e. The van der Waals surface area contributed by atoms with E-state index in [1.807, 2.05) is 0 Å². The number of carboxylic acids is 2. The van der Waals surface area contributed by atoms with Gasteiger partial charge in [0, 0.05) is 12.8 Å². The summed E-state index contributed by atoms with van der Waals surface area (Å²) in [6.45, 7) is 1.58. The molecule has 14 heteroatoms. The van der Waals surface area contributed by atoms with E-state index >= 15 is 0 Å². The van der Waals surface area contributed by atoms with Gasteiger partial charge < -0.3 is 47.8 Å². The molecule has 0 aliphatic rings. The number of phenols is 1. The zero-order valence-electron chi connectivity index (χ0n) is 21.1. The van der Waals surface area contributed by atoms with Crippen molar-refractivity contribution in [1.82, 2.24) is 16.0 Å². The molecule has 14 nitrogen and oxygen atoms in total. The van der Waals surface area contributed by atoms with Crippen molar-refractivity contribution in [2.45, 2.75) is 75.7 Å². The van der Waals surface area contributed by atoms with E-state index in [1.165, 1.54) is 31.2 Å². The largest absolute Gasteiger partial charge is 0.508 e. The van der Waals surface area contributed by atoms with Gasteiger partial charge in [-0.15, -0.1) is 0 Å². The number of hydrogen-bond acceptors (Lipinski definition) is 9. The monoisotopic (exact) mass is 539 g/mol. The number of hydrogen-bond donors (Lipinski definition) is 9. The van der Waals surface area contributed by atoms with Gasteiger partial charge in [0.25, 0.3) is 0 Å². The molecule has 3 amide bonds. The number of rotatable bonds is 17. The number of aliphatic carboxylic acids is 2. The SMILES string of the molecule is CC(O)C(N)C(=O)NC(CCC(=O)O)C(=O)NC(CCCCN)C(=O)NC(Cc1ccc(O)cc1)C(=O)O. The lowest BCUT2D eigenvalue weighted by molar-refractivity contribution is -0.142. The Balaban J connectivity index is 3.05. The number of carbonyl (C=O) groups is 5. The van der Waals surface area contributed by atoms with Gasteiger partial charge in [0.2, 0.25) is 17.7 Å². The van der Waals surface area contributed by atoms with Crippen LogP contribution in [0.5, 0.6) is 5.75 Å². The molecule has 212 valence electrons. The summed E-state index contributed by atoms with van der Waals surface area (Å²) in [6, 6.07) is 0.423. The van der Waals surface area contributed by atoms with Gasteiger partial charge in [-0.2, -0.15) is 0 Å². The van der Waals surface area contributed by atoms with Crippen molar-refractivity contribution in [3.05, 3.63) is 29.8 Å². The van der Waals surface area contributed by atoms with Gasteiger partial charge in [0.05, 0.1) is 6.10 Å². The Morgan fingerprint density at radius 1 is 0.842 bits per heavy atom. The quantitative estimate of drug-likeness (QED) is 0.0995. The van der Waals surface area contributed by atoms with Gasteiger partial charge in [-0.25, -0.2) is 4.79 Å². The minimum atomic E-state index is -1.39. The third-order valence-corrected chi connectivity index (χ3v) is 5.67. The topological polar surface area (TPSA) is 254 Å². The van der Waals surface area contributed by atoms with Crippen LogP contribution in [-0.2, 0) is 30.4 Å². The molecule has 1 aromatic rings. The van der Waals surface area contributed by atoms with Crippen LogP contribution in [0.25, 0.3) is 0 Å². The predicted molar refractivity (Wildman–Crippen MR) is 135 cm³/mol. The fourth-order valence-corrected chi connectivity index (χ4v) is 3.40. The highest BCUT2D eigenvalue weighted by Crippen LogP contribution is 2.12. The third-order valence-electron chi connectivity index (χ3n) is 5.67. The molecule has 0 aliphatic carbocycles. The number of benzene rings is 1. The molecular formula is C24H37N5O9. The number of unbranched alkanes of at least 4 members (excludes halogenated alkanes) is 1. The molecule has 0 saturated carbocycles. The van der Waals surface area contributed by atoms with Crippen LogP contribution in [0.2, 0.25) is 0 Å². The molecule has 5 atom stereocenters. The summed E-state index contributed by atoms with van der Waals surface area (Å²) in [7, 11) is 0. The predicted octanol–water partition coefficient (Wildman–Crippen LogP) is -1.82. The Hall–Kier alpha value is -3.75. The molecule has 0 aliphatic heterocycles. The first kappa shape index (κ1) is 32.3. The normalized spacial score (nSPS) is 14.8. The number of nitrogens with two attached hydrogens (primary N) is 2. The van der Waals surface area contributed by atoms with E-state index < -0.39 is 66.4 Å². The fraction of sp³-hybridized carbons (Fsp3) is 0.542. The summed E-state index contributed by atoms with van der Waals surface area (Å²) in [5.41, 5.74) is 11.6. The minimum absolute atomic E-state index is 0.00807. The molecule has 0 aromatic heterocycles. The Kier molecular flexibility index (Phi) is 13.7. The van der Waals surface area contributed by atoms with E-state index in [9.17, 15) is 39.3 Å². The number of phenolic OH excluding ortho intramolecular Hbond substituents is 1. The second-order valence-electron chi connectivity index (χ2n) is 8.88. The average Bonchev–Trinajstić information content (AvgIpc) is 2.85. The van der Waals surface area contributed by atoms with Crippen LogP contribution in [0.3, 0.4) is 0 Å². The first-order chi connectivity index (χ1) is 17.8. The van der Waals surface area contributed by atoms with E-state index in [1.54, 1.807) is 0 Å². The molecule has 0 fully saturated rings. The molecule has 5 unspecified atom stereocenters. The van der Waals surface area contributed by atoms with Crippen LogP contribution < -0.4 is 27.4 Å². The molecule has 1 rings (SSSR count). The smallest absolute Gasteiger partial charge is 0.326 e. The highest BCUT2D eigenvalue weighted by Gasteiger charge is 2.31. The highest BCUT2D eigenvalue weighted by atomic mass is 16.4. The van der Waals surface area contributed by atoms with E-state index in [2.05, 4.69) is 16.0 Å². The fourth-order valence-electron chi connectivity index (χ4n) is 3.40. The van der Waals surface area contributed by atoms with Crippen LogP contribution in [0, 0.1) is 0 Å². The first-order valence-electron chi connectivity index (χ1n) is 12.1. The maximum absolute atomic E-state index is 13.0. The van der Waals surface area contributed by atoms with Gasteiger partial charge >= 0.3 is 11.9 Å². The lowest BCUT2D eigenvalue weighted by Crippen LogP contribution is -2.58. The third kappa shape index (κ3) is 11.5. The summed E-state index contributed by atoms with van der Waals surface area (Å²) in [5, 5.41) is 44.8.